The number of sulfone groups is 1. The highest BCUT2D eigenvalue weighted by molar-refractivity contribution is 7.90. The van der Waals surface area contributed by atoms with Gasteiger partial charge in [0.05, 0.1) is 22.5 Å². The molecular weight excluding hydrogens is 272 g/mol. The van der Waals surface area contributed by atoms with Crippen LogP contribution < -0.4 is 0 Å². The van der Waals surface area contributed by atoms with Crippen molar-refractivity contribution >= 4 is 21.4 Å². The molecule has 2 rings (SSSR count). The SMILES string of the molecule is Cc1ncc(Cl)nc1-c1ccc(S(C)(=O)=O)cc1. The van der Waals surface area contributed by atoms with E-state index in [-0.39, 0.29) is 4.90 Å². The molecule has 0 atom stereocenters. The number of rotatable bonds is 2. The molecule has 94 valence electrons. The second-order valence-corrected chi connectivity index (χ2v) is 6.33. The van der Waals surface area contributed by atoms with Gasteiger partial charge in [-0.2, -0.15) is 0 Å². The van der Waals surface area contributed by atoms with E-state index in [1.165, 1.54) is 12.5 Å². The van der Waals surface area contributed by atoms with Crippen molar-refractivity contribution in [3.63, 3.8) is 0 Å². The number of nitrogens with zero attached hydrogens (tertiary/aromatic N) is 2. The van der Waals surface area contributed by atoms with E-state index in [9.17, 15) is 8.42 Å². The van der Waals surface area contributed by atoms with E-state index in [1.807, 2.05) is 6.92 Å². The molecule has 0 fully saturated rings. The monoisotopic (exact) mass is 282 g/mol. The molecule has 0 spiro atoms. The standard InChI is InChI=1S/C12H11ClN2O2S/c1-8-12(15-11(13)7-14-8)9-3-5-10(6-4-9)18(2,16)17/h3-7H,1-2H3. The number of hydrogen-bond donors (Lipinski definition) is 0. The van der Waals surface area contributed by atoms with E-state index in [4.69, 9.17) is 11.6 Å². The highest BCUT2D eigenvalue weighted by Crippen LogP contribution is 2.22. The molecule has 0 amide bonds. The lowest BCUT2D eigenvalue weighted by atomic mass is 10.1. The molecule has 0 aliphatic rings. The van der Waals surface area contributed by atoms with Crippen molar-refractivity contribution in [1.82, 2.24) is 9.97 Å². The number of aryl methyl sites for hydroxylation is 1. The number of benzene rings is 1. The van der Waals surface area contributed by atoms with Crippen molar-refractivity contribution in [2.24, 2.45) is 0 Å². The minimum atomic E-state index is -3.18. The third kappa shape index (κ3) is 2.68. The lowest BCUT2D eigenvalue weighted by Gasteiger charge is -2.05. The first-order valence-corrected chi connectivity index (χ1v) is 7.44. The minimum Gasteiger partial charge on any atom is -0.256 e. The van der Waals surface area contributed by atoms with E-state index in [0.29, 0.717) is 10.8 Å². The Morgan fingerprint density at radius 1 is 1.17 bits per heavy atom. The second-order valence-electron chi connectivity index (χ2n) is 3.92. The van der Waals surface area contributed by atoms with Gasteiger partial charge >= 0.3 is 0 Å². The molecule has 1 heterocycles. The summed E-state index contributed by atoms with van der Waals surface area (Å²) in [7, 11) is -3.18. The molecule has 1 aromatic carbocycles. The zero-order chi connectivity index (χ0) is 13.3. The fourth-order valence-electron chi connectivity index (χ4n) is 1.56. The molecule has 0 aliphatic heterocycles. The van der Waals surface area contributed by atoms with Crippen LogP contribution in [0.2, 0.25) is 5.15 Å². The van der Waals surface area contributed by atoms with Crippen LogP contribution in [-0.2, 0) is 9.84 Å². The lowest BCUT2D eigenvalue weighted by Crippen LogP contribution is -1.97. The van der Waals surface area contributed by atoms with Gasteiger partial charge in [-0.25, -0.2) is 13.4 Å². The first-order valence-electron chi connectivity index (χ1n) is 5.17. The van der Waals surface area contributed by atoms with Crippen LogP contribution in [0.1, 0.15) is 5.69 Å². The maximum atomic E-state index is 11.4. The summed E-state index contributed by atoms with van der Waals surface area (Å²) in [5.74, 6) is 0. The van der Waals surface area contributed by atoms with Gasteiger partial charge in [0.1, 0.15) is 5.15 Å². The van der Waals surface area contributed by atoms with Gasteiger partial charge in [-0.15, -0.1) is 0 Å². The Bertz CT molecular complexity index is 682. The zero-order valence-electron chi connectivity index (χ0n) is 9.88. The average Bonchev–Trinajstić information content (AvgIpc) is 2.31. The van der Waals surface area contributed by atoms with Crippen LogP contribution in [0.15, 0.2) is 35.4 Å². The number of aromatic nitrogens is 2. The van der Waals surface area contributed by atoms with Crippen LogP contribution in [0.5, 0.6) is 0 Å². The Balaban J connectivity index is 2.50. The van der Waals surface area contributed by atoms with Crippen molar-refractivity contribution in [1.29, 1.82) is 0 Å². The summed E-state index contributed by atoms with van der Waals surface area (Å²) >= 11 is 5.80. The predicted molar refractivity (Wildman–Crippen MR) is 70.3 cm³/mol. The van der Waals surface area contributed by atoms with Crippen molar-refractivity contribution in [2.45, 2.75) is 11.8 Å². The summed E-state index contributed by atoms with van der Waals surface area (Å²) in [5, 5.41) is 0.308. The van der Waals surface area contributed by atoms with E-state index in [0.717, 1.165) is 11.3 Å². The van der Waals surface area contributed by atoms with Gasteiger partial charge in [-0.1, -0.05) is 23.7 Å². The molecule has 0 aliphatic carbocycles. The van der Waals surface area contributed by atoms with Crippen LogP contribution in [-0.4, -0.2) is 24.6 Å². The molecule has 18 heavy (non-hydrogen) atoms. The molecule has 0 bridgehead atoms. The van der Waals surface area contributed by atoms with Crippen LogP contribution in [0.4, 0.5) is 0 Å². The molecule has 0 radical (unpaired) electrons. The van der Waals surface area contributed by atoms with E-state index >= 15 is 0 Å². The molecule has 6 heteroatoms. The molecule has 2 aromatic rings. The third-order valence-corrected chi connectivity index (χ3v) is 3.79. The van der Waals surface area contributed by atoms with E-state index < -0.39 is 9.84 Å². The predicted octanol–water partition coefficient (Wildman–Crippen LogP) is 2.51. The topological polar surface area (TPSA) is 59.9 Å². The summed E-state index contributed by atoms with van der Waals surface area (Å²) in [5.41, 5.74) is 2.18. The molecule has 4 nitrogen and oxygen atoms in total. The van der Waals surface area contributed by atoms with E-state index in [1.54, 1.807) is 24.3 Å². The Morgan fingerprint density at radius 3 is 2.33 bits per heavy atom. The van der Waals surface area contributed by atoms with Crippen LogP contribution in [0.25, 0.3) is 11.3 Å². The Labute approximate surface area is 111 Å². The van der Waals surface area contributed by atoms with E-state index in [2.05, 4.69) is 9.97 Å². The van der Waals surface area contributed by atoms with Gasteiger partial charge in [0.15, 0.2) is 9.84 Å². The molecule has 1 aromatic heterocycles. The third-order valence-electron chi connectivity index (χ3n) is 2.48. The fraction of sp³-hybridized carbons (Fsp3) is 0.167. The van der Waals surface area contributed by atoms with Crippen molar-refractivity contribution in [2.75, 3.05) is 6.26 Å². The molecule has 0 unspecified atom stereocenters. The maximum absolute atomic E-state index is 11.4. The van der Waals surface area contributed by atoms with Crippen molar-refractivity contribution < 1.29 is 8.42 Å². The number of hydrogen-bond acceptors (Lipinski definition) is 4. The lowest BCUT2D eigenvalue weighted by molar-refractivity contribution is 0.602. The Morgan fingerprint density at radius 2 is 1.78 bits per heavy atom. The molecule has 0 saturated carbocycles. The minimum absolute atomic E-state index is 0.277. The summed E-state index contributed by atoms with van der Waals surface area (Å²) in [6, 6.07) is 6.49. The van der Waals surface area contributed by atoms with Gasteiger partial charge < -0.3 is 0 Å². The fourth-order valence-corrected chi connectivity index (χ4v) is 2.33. The van der Waals surface area contributed by atoms with Gasteiger partial charge in [0, 0.05) is 11.8 Å². The normalized spacial score (nSPS) is 11.5. The average molecular weight is 283 g/mol. The number of halogens is 1. The first kappa shape index (κ1) is 13.0. The quantitative estimate of drug-likeness (QED) is 0.849. The zero-order valence-corrected chi connectivity index (χ0v) is 11.5. The highest BCUT2D eigenvalue weighted by atomic mass is 35.5. The highest BCUT2D eigenvalue weighted by Gasteiger charge is 2.09. The molecule has 0 N–H and O–H groups in total. The summed E-state index contributed by atoms with van der Waals surface area (Å²) in [6.45, 7) is 1.82. The molecular formula is C12H11ClN2O2S. The van der Waals surface area contributed by atoms with Gasteiger partial charge in [-0.05, 0) is 19.1 Å². The Kier molecular flexibility index (Phi) is 3.36. The maximum Gasteiger partial charge on any atom is 0.175 e. The van der Waals surface area contributed by atoms with Gasteiger partial charge in [0.2, 0.25) is 0 Å². The van der Waals surface area contributed by atoms with Crippen molar-refractivity contribution in [3.05, 3.63) is 41.3 Å². The van der Waals surface area contributed by atoms with Gasteiger partial charge in [0.25, 0.3) is 0 Å². The first-order chi connectivity index (χ1) is 8.38. The Hall–Kier alpha value is -1.46. The van der Waals surface area contributed by atoms with Crippen LogP contribution in [0.3, 0.4) is 0 Å². The van der Waals surface area contributed by atoms with Gasteiger partial charge in [-0.3, -0.25) is 4.98 Å². The van der Waals surface area contributed by atoms with Crippen molar-refractivity contribution in [3.8, 4) is 11.3 Å². The largest absolute Gasteiger partial charge is 0.256 e. The summed E-state index contributed by atoms with van der Waals surface area (Å²) in [4.78, 5) is 8.58. The smallest absolute Gasteiger partial charge is 0.175 e. The summed E-state index contributed by atoms with van der Waals surface area (Å²) in [6.07, 6.45) is 2.65. The van der Waals surface area contributed by atoms with Crippen LogP contribution in [0, 0.1) is 6.92 Å². The second kappa shape index (κ2) is 4.66. The molecule has 0 saturated heterocycles. The van der Waals surface area contributed by atoms with Crippen LogP contribution >= 0.6 is 11.6 Å². The summed E-state index contributed by atoms with van der Waals surface area (Å²) < 4.78 is 22.7.